The van der Waals surface area contributed by atoms with Gasteiger partial charge >= 0.3 is 0 Å². The predicted octanol–water partition coefficient (Wildman–Crippen LogP) is 1.96. The molecule has 0 aliphatic carbocycles. The number of rotatable bonds is 2. The average molecular weight is 328 g/mol. The van der Waals surface area contributed by atoms with Crippen molar-refractivity contribution in [2.24, 2.45) is 0 Å². The van der Waals surface area contributed by atoms with Gasteiger partial charge in [-0.2, -0.15) is 0 Å². The lowest BCUT2D eigenvalue weighted by Gasteiger charge is -2.34. The maximum atomic E-state index is 5.56. The molecular weight excluding hydrogens is 312 g/mol. The Morgan fingerprint density at radius 3 is 2.91 bits per heavy atom. The second kappa shape index (κ2) is 5.71. The average Bonchev–Trinajstić information content (AvgIpc) is 3.04. The van der Waals surface area contributed by atoms with Crippen molar-refractivity contribution in [3.05, 3.63) is 23.8 Å². The summed E-state index contributed by atoms with van der Waals surface area (Å²) in [4.78, 5) is 19.8. The first kappa shape index (κ1) is 14.3. The first-order valence-corrected chi connectivity index (χ1v) is 8.28. The van der Waals surface area contributed by atoms with Gasteiger partial charge in [0.25, 0.3) is 0 Å². The Bertz CT molecular complexity index is 834. The zero-order chi connectivity index (χ0) is 15.8. The van der Waals surface area contributed by atoms with Gasteiger partial charge in [0.15, 0.2) is 11.6 Å². The summed E-state index contributed by atoms with van der Waals surface area (Å²) in [6, 6.07) is 2.29. The zero-order valence-corrected chi connectivity index (χ0v) is 13.5. The van der Waals surface area contributed by atoms with Crippen LogP contribution >= 0.6 is 11.3 Å². The highest BCUT2D eigenvalue weighted by molar-refractivity contribution is 7.17. The van der Waals surface area contributed by atoms with Crippen molar-refractivity contribution in [1.82, 2.24) is 19.9 Å². The van der Waals surface area contributed by atoms with Gasteiger partial charge in [0, 0.05) is 18.9 Å². The minimum atomic E-state index is 0.243. The molecule has 3 aromatic heterocycles. The number of aromatic nitrogens is 4. The third-order valence-corrected chi connectivity index (χ3v) is 4.75. The molecule has 0 spiro atoms. The van der Waals surface area contributed by atoms with Gasteiger partial charge in [-0.3, -0.25) is 0 Å². The van der Waals surface area contributed by atoms with Gasteiger partial charge in [0.1, 0.15) is 0 Å². The van der Waals surface area contributed by atoms with E-state index in [0.717, 1.165) is 28.1 Å². The minimum Gasteiger partial charge on any atom is -0.377 e. The molecule has 0 radical (unpaired) electrons. The van der Waals surface area contributed by atoms with E-state index in [1.807, 2.05) is 11.4 Å². The fourth-order valence-corrected chi connectivity index (χ4v) is 3.50. The Balaban J connectivity index is 1.85. The summed E-state index contributed by atoms with van der Waals surface area (Å²) >= 11 is 1.66. The third-order valence-electron chi connectivity index (χ3n) is 3.86. The molecule has 1 saturated heterocycles. The molecule has 1 fully saturated rings. The summed E-state index contributed by atoms with van der Waals surface area (Å²) in [6.45, 7) is 4.38. The number of thiophene rings is 1. The maximum Gasteiger partial charge on any atom is 0.219 e. The van der Waals surface area contributed by atoms with Crippen LogP contribution in [0.25, 0.3) is 21.6 Å². The Morgan fingerprint density at radius 2 is 2.13 bits per heavy atom. The molecule has 0 bridgehead atoms. The molecule has 8 heteroatoms. The standard InChI is InChI=1S/C15H16N6OS/c1-9-8-22-4-3-21(9)14-12-11(2-5-23-12)19-13(20-14)10-6-17-15(16)18-7-10/h2,5-7,9H,3-4,8H2,1H3,(H2,16,17,18)/t9-/m0/s1. The highest BCUT2D eigenvalue weighted by Gasteiger charge is 2.24. The predicted molar refractivity (Wildman–Crippen MR) is 90.5 cm³/mol. The lowest BCUT2D eigenvalue weighted by atomic mass is 10.2. The van der Waals surface area contributed by atoms with E-state index in [0.29, 0.717) is 19.0 Å². The number of hydrogen-bond acceptors (Lipinski definition) is 8. The van der Waals surface area contributed by atoms with E-state index in [2.05, 4.69) is 26.8 Å². The van der Waals surface area contributed by atoms with Crippen LogP contribution in [-0.2, 0) is 4.74 Å². The van der Waals surface area contributed by atoms with E-state index in [4.69, 9.17) is 15.5 Å². The monoisotopic (exact) mass is 328 g/mol. The molecule has 4 rings (SSSR count). The Kier molecular flexibility index (Phi) is 3.55. The molecule has 1 aliphatic heterocycles. The first-order chi connectivity index (χ1) is 11.2. The number of hydrogen-bond donors (Lipinski definition) is 1. The zero-order valence-electron chi connectivity index (χ0n) is 12.6. The van der Waals surface area contributed by atoms with Crippen molar-refractivity contribution in [1.29, 1.82) is 0 Å². The Morgan fingerprint density at radius 1 is 1.30 bits per heavy atom. The summed E-state index contributed by atoms with van der Waals surface area (Å²) in [7, 11) is 0. The van der Waals surface area contributed by atoms with Crippen LogP contribution in [0.1, 0.15) is 6.92 Å². The highest BCUT2D eigenvalue weighted by Crippen LogP contribution is 2.32. The van der Waals surface area contributed by atoms with E-state index < -0.39 is 0 Å². The molecular formula is C15H16N6OS. The Hall–Kier alpha value is -2.32. The molecule has 118 valence electrons. The van der Waals surface area contributed by atoms with Gasteiger partial charge in [0.05, 0.1) is 35.0 Å². The minimum absolute atomic E-state index is 0.243. The highest BCUT2D eigenvalue weighted by atomic mass is 32.1. The third kappa shape index (κ3) is 2.60. The number of ether oxygens (including phenoxy) is 1. The topological polar surface area (TPSA) is 90.0 Å². The summed E-state index contributed by atoms with van der Waals surface area (Å²) in [6.07, 6.45) is 3.31. The van der Waals surface area contributed by atoms with E-state index in [-0.39, 0.29) is 12.0 Å². The number of fused-ring (bicyclic) bond motifs is 1. The number of morpholine rings is 1. The maximum absolute atomic E-state index is 5.56. The largest absolute Gasteiger partial charge is 0.377 e. The van der Waals surface area contributed by atoms with Crippen molar-refractivity contribution < 1.29 is 4.74 Å². The van der Waals surface area contributed by atoms with Crippen LogP contribution in [0.15, 0.2) is 23.8 Å². The van der Waals surface area contributed by atoms with Gasteiger partial charge in [-0.25, -0.2) is 19.9 Å². The van der Waals surface area contributed by atoms with Gasteiger partial charge in [0.2, 0.25) is 5.95 Å². The molecule has 4 heterocycles. The van der Waals surface area contributed by atoms with Crippen molar-refractivity contribution in [2.75, 3.05) is 30.4 Å². The summed E-state index contributed by atoms with van der Waals surface area (Å²) in [5, 5.41) is 2.04. The van der Waals surface area contributed by atoms with E-state index in [1.54, 1.807) is 23.7 Å². The smallest absolute Gasteiger partial charge is 0.219 e. The molecule has 0 saturated carbocycles. The van der Waals surface area contributed by atoms with Gasteiger partial charge in [-0.05, 0) is 18.4 Å². The summed E-state index contributed by atoms with van der Waals surface area (Å²) in [5.74, 6) is 1.81. The van der Waals surface area contributed by atoms with Gasteiger partial charge in [-0.1, -0.05) is 0 Å². The molecule has 0 amide bonds. The SMILES string of the molecule is C[C@H]1COCCN1c1nc(-c2cnc(N)nc2)nc2ccsc12. The van der Waals surface area contributed by atoms with Crippen LogP contribution in [0, 0.1) is 0 Å². The second-order valence-electron chi connectivity index (χ2n) is 5.45. The molecule has 23 heavy (non-hydrogen) atoms. The normalized spacial score (nSPS) is 18.5. The first-order valence-electron chi connectivity index (χ1n) is 7.40. The summed E-state index contributed by atoms with van der Waals surface area (Å²) in [5.41, 5.74) is 7.25. The lowest BCUT2D eigenvalue weighted by molar-refractivity contribution is 0.0987. The number of nitrogen functional groups attached to an aromatic ring is 1. The fraction of sp³-hybridized carbons (Fsp3) is 0.333. The van der Waals surface area contributed by atoms with E-state index >= 15 is 0 Å². The molecule has 0 unspecified atom stereocenters. The van der Waals surface area contributed by atoms with Crippen molar-refractivity contribution in [3.63, 3.8) is 0 Å². The van der Waals surface area contributed by atoms with Crippen LogP contribution in [0.3, 0.4) is 0 Å². The molecule has 0 aromatic carbocycles. The Labute approximate surface area is 137 Å². The molecule has 1 aliphatic rings. The van der Waals surface area contributed by atoms with Crippen molar-refractivity contribution in [3.8, 4) is 11.4 Å². The van der Waals surface area contributed by atoms with Crippen molar-refractivity contribution in [2.45, 2.75) is 13.0 Å². The molecule has 7 nitrogen and oxygen atoms in total. The van der Waals surface area contributed by atoms with Crippen LogP contribution in [0.2, 0.25) is 0 Å². The molecule has 2 N–H and O–H groups in total. The quantitative estimate of drug-likeness (QED) is 0.769. The van der Waals surface area contributed by atoms with Gasteiger partial charge in [-0.15, -0.1) is 11.3 Å². The number of nitrogens with two attached hydrogens (primary N) is 1. The molecule has 3 aromatic rings. The van der Waals surface area contributed by atoms with E-state index in [9.17, 15) is 0 Å². The number of anilines is 2. The number of nitrogens with zero attached hydrogens (tertiary/aromatic N) is 5. The van der Waals surface area contributed by atoms with Crippen LogP contribution in [-0.4, -0.2) is 45.7 Å². The lowest BCUT2D eigenvalue weighted by Crippen LogP contribution is -2.44. The molecule has 1 atom stereocenters. The fourth-order valence-electron chi connectivity index (χ4n) is 2.67. The van der Waals surface area contributed by atoms with Crippen molar-refractivity contribution >= 4 is 33.3 Å². The van der Waals surface area contributed by atoms with E-state index in [1.165, 1.54) is 0 Å². The van der Waals surface area contributed by atoms with Gasteiger partial charge < -0.3 is 15.4 Å². The van der Waals surface area contributed by atoms with Crippen LogP contribution < -0.4 is 10.6 Å². The van der Waals surface area contributed by atoms with Crippen LogP contribution in [0.5, 0.6) is 0 Å². The van der Waals surface area contributed by atoms with Crippen LogP contribution in [0.4, 0.5) is 11.8 Å². The second-order valence-corrected chi connectivity index (χ2v) is 6.37. The summed E-state index contributed by atoms with van der Waals surface area (Å²) < 4.78 is 6.64.